The molecule has 0 amide bonds. The predicted molar refractivity (Wildman–Crippen MR) is 52.2 cm³/mol. The van der Waals surface area contributed by atoms with Crippen LogP contribution in [0.5, 0.6) is 0 Å². The molecule has 1 rings (SSSR count). The Morgan fingerprint density at radius 2 is 2.36 bits per heavy atom. The van der Waals surface area contributed by atoms with Gasteiger partial charge < -0.3 is 9.47 Å². The maximum Gasteiger partial charge on any atom is 0.384 e. The zero-order chi connectivity index (χ0) is 10.6. The van der Waals surface area contributed by atoms with E-state index in [4.69, 9.17) is 4.74 Å². The van der Waals surface area contributed by atoms with Crippen LogP contribution in [0.3, 0.4) is 0 Å². The summed E-state index contributed by atoms with van der Waals surface area (Å²) >= 11 is 0. The van der Waals surface area contributed by atoms with Crippen molar-refractivity contribution in [1.82, 2.24) is 0 Å². The van der Waals surface area contributed by atoms with Crippen LogP contribution in [0.2, 0.25) is 0 Å². The topological polar surface area (TPSA) is 35.5 Å². The summed E-state index contributed by atoms with van der Waals surface area (Å²) in [6.45, 7) is 3.98. The van der Waals surface area contributed by atoms with E-state index in [0.717, 1.165) is 6.42 Å². The van der Waals surface area contributed by atoms with Gasteiger partial charge >= 0.3 is 5.97 Å². The summed E-state index contributed by atoms with van der Waals surface area (Å²) in [7, 11) is 1.32. The second-order valence-corrected chi connectivity index (χ2v) is 3.78. The quantitative estimate of drug-likeness (QED) is 0.333. The number of carbonyl (C=O) groups is 1. The third-order valence-corrected chi connectivity index (χ3v) is 1.95. The zero-order valence-electron chi connectivity index (χ0n) is 8.66. The molecule has 1 unspecified atom stereocenters. The van der Waals surface area contributed by atoms with Crippen molar-refractivity contribution in [3.05, 3.63) is 12.3 Å². The van der Waals surface area contributed by atoms with Crippen molar-refractivity contribution in [1.29, 1.82) is 0 Å². The van der Waals surface area contributed by atoms with Crippen molar-refractivity contribution >= 4 is 5.97 Å². The third-order valence-electron chi connectivity index (χ3n) is 1.95. The molecule has 0 N–H and O–H groups in total. The smallest absolute Gasteiger partial charge is 0.384 e. The lowest BCUT2D eigenvalue weighted by molar-refractivity contribution is -0.133. The molecular weight excluding hydrogens is 180 g/mol. The van der Waals surface area contributed by atoms with E-state index in [1.54, 1.807) is 6.26 Å². The number of rotatable bonds is 0. The number of ether oxygens (including phenoxy) is 2. The molecule has 0 bridgehead atoms. The Labute approximate surface area is 84.1 Å². The average molecular weight is 194 g/mol. The molecule has 0 aromatic heterocycles. The van der Waals surface area contributed by atoms with E-state index in [-0.39, 0.29) is 11.5 Å². The third kappa shape index (κ3) is 3.14. The van der Waals surface area contributed by atoms with Crippen LogP contribution in [0, 0.1) is 17.8 Å². The largest absolute Gasteiger partial charge is 0.496 e. The number of allylic oxidation sites excluding steroid dienone is 1. The summed E-state index contributed by atoms with van der Waals surface area (Å²) in [5.74, 6) is 4.83. The number of esters is 1. The number of hydrogen-bond donors (Lipinski definition) is 0. The molecule has 1 aliphatic rings. The molecule has 1 heterocycles. The van der Waals surface area contributed by atoms with E-state index in [9.17, 15) is 4.79 Å². The average Bonchev–Trinajstić information content (AvgIpc) is 2.12. The Bertz CT molecular complexity index is 304. The van der Waals surface area contributed by atoms with Gasteiger partial charge in [0.15, 0.2) is 0 Å². The van der Waals surface area contributed by atoms with Gasteiger partial charge in [0.05, 0.1) is 13.4 Å². The van der Waals surface area contributed by atoms with E-state index in [0.29, 0.717) is 0 Å². The van der Waals surface area contributed by atoms with Gasteiger partial charge in [0.2, 0.25) is 0 Å². The first-order valence-corrected chi connectivity index (χ1v) is 4.47. The molecule has 0 aliphatic carbocycles. The first kappa shape index (κ1) is 10.6. The van der Waals surface area contributed by atoms with Gasteiger partial charge in [0, 0.05) is 18.3 Å². The molecule has 0 radical (unpaired) electrons. The normalized spacial score (nSPS) is 22.9. The highest BCUT2D eigenvalue weighted by atomic mass is 16.5. The Hall–Kier alpha value is -1.43. The Kier molecular flexibility index (Phi) is 3.19. The lowest BCUT2D eigenvalue weighted by Crippen LogP contribution is -2.27. The van der Waals surface area contributed by atoms with E-state index >= 15 is 0 Å². The van der Waals surface area contributed by atoms with Crippen LogP contribution < -0.4 is 0 Å². The molecule has 0 fully saturated rings. The molecule has 3 heteroatoms. The summed E-state index contributed by atoms with van der Waals surface area (Å²) in [6.07, 6.45) is 4.27. The molecule has 14 heavy (non-hydrogen) atoms. The Morgan fingerprint density at radius 3 is 2.93 bits per heavy atom. The summed E-state index contributed by atoms with van der Waals surface area (Å²) in [5, 5.41) is 0. The maximum atomic E-state index is 10.8. The van der Waals surface area contributed by atoms with Gasteiger partial charge in [-0.3, -0.25) is 0 Å². The van der Waals surface area contributed by atoms with Crippen LogP contribution >= 0.6 is 0 Å². The van der Waals surface area contributed by atoms with E-state index in [1.165, 1.54) is 7.11 Å². The standard InChI is InChI=1S/C11H14O3/c1-11(2)8-9(6-7-14-11)4-5-10(12)13-3/h6-7,9H,8H2,1-3H3. The van der Waals surface area contributed by atoms with Crippen molar-refractivity contribution in [2.75, 3.05) is 7.11 Å². The molecule has 0 aromatic carbocycles. The number of carbonyl (C=O) groups excluding carboxylic acids is 1. The van der Waals surface area contributed by atoms with Crippen molar-refractivity contribution in [2.45, 2.75) is 25.9 Å². The van der Waals surface area contributed by atoms with Crippen LogP contribution in [0.4, 0.5) is 0 Å². The molecule has 0 spiro atoms. The number of methoxy groups -OCH3 is 1. The molecule has 0 saturated heterocycles. The van der Waals surface area contributed by atoms with Gasteiger partial charge in [-0.05, 0) is 19.9 Å². The van der Waals surface area contributed by atoms with E-state index in [2.05, 4.69) is 16.6 Å². The fourth-order valence-electron chi connectivity index (χ4n) is 1.27. The van der Waals surface area contributed by atoms with Crippen molar-refractivity contribution < 1.29 is 14.3 Å². The fraction of sp³-hybridized carbons (Fsp3) is 0.545. The lowest BCUT2D eigenvalue weighted by atomic mass is 9.92. The van der Waals surface area contributed by atoms with Crippen molar-refractivity contribution in [3.8, 4) is 11.8 Å². The maximum absolute atomic E-state index is 10.8. The van der Waals surface area contributed by atoms with Gasteiger partial charge in [-0.2, -0.15) is 0 Å². The van der Waals surface area contributed by atoms with Crippen LogP contribution in [-0.2, 0) is 14.3 Å². The SMILES string of the molecule is COC(=O)C#CC1C=COC(C)(C)C1. The van der Waals surface area contributed by atoms with Crippen LogP contribution in [0.25, 0.3) is 0 Å². The fourth-order valence-corrected chi connectivity index (χ4v) is 1.27. The van der Waals surface area contributed by atoms with Gasteiger partial charge in [0.25, 0.3) is 0 Å². The van der Waals surface area contributed by atoms with Crippen LogP contribution in [0.1, 0.15) is 20.3 Å². The first-order chi connectivity index (χ1) is 6.53. The van der Waals surface area contributed by atoms with Gasteiger partial charge in [-0.1, -0.05) is 5.92 Å². The summed E-state index contributed by atoms with van der Waals surface area (Å²) in [6, 6.07) is 0. The zero-order valence-corrected chi connectivity index (χ0v) is 8.66. The van der Waals surface area contributed by atoms with Gasteiger partial charge in [-0.15, -0.1) is 0 Å². The summed E-state index contributed by atoms with van der Waals surface area (Å²) in [5.41, 5.74) is -0.204. The highest BCUT2D eigenvalue weighted by molar-refractivity contribution is 5.88. The van der Waals surface area contributed by atoms with Crippen LogP contribution in [-0.4, -0.2) is 18.7 Å². The molecular formula is C11H14O3. The van der Waals surface area contributed by atoms with Gasteiger partial charge in [-0.25, -0.2) is 4.79 Å². The highest BCUT2D eigenvalue weighted by Gasteiger charge is 2.24. The van der Waals surface area contributed by atoms with E-state index < -0.39 is 5.97 Å². The summed E-state index contributed by atoms with van der Waals surface area (Å²) < 4.78 is 9.79. The van der Waals surface area contributed by atoms with Gasteiger partial charge in [0.1, 0.15) is 5.60 Å². The van der Waals surface area contributed by atoms with Crippen molar-refractivity contribution in [3.63, 3.8) is 0 Å². The minimum Gasteiger partial charge on any atom is -0.496 e. The Balaban J connectivity index is 2.61. The highest BCUT2D eigenvalue weighted by Crippen LogP contribution is 2.25. The summed E-state index contributed by atoms with van der Waals surface area (Å²) in [4.78, 5) is 10.8. The second-order valence-electron chi connectivity index (χ2n) is 3.78. The van der Waals surface area contributed by atoms with Crippen molar-refractivity contribution in [2.24, 2.45) is 5.92 Å². The lowest BCUT2D eigenvalue weighted by Gasteiger charge is -2.29. The molecule has 76 valence electrons. The molecule has 1 aliphatic heterocycles. The molecule has 3 nitrogen and oxygen atoms in total. The minimum atomic E-state index is -0.498. The molecule has 0 aromatic rings. The predicted octanol–water partition coefficient (Wildman–Crippen LogP) is 1.49. The first-order valence-electron chi connectivity index (χ1n) is 4.47. The Morgan fingerprint density at radius 1 is 1.64 bits per heavy atom. The molecule has 0 saturated carbocycles. The van der Waals surface area contributed by atoms with Crippen LogP contribution in [0.15, 0.2) is 12.3 Å². The molecule has 1 atom stereocenters. The number of hydrogen-bond acceptors (Lipinski definition) is 3. The second kappa shape index (κ2) is 4.19. The minimum absolute atomic E-state index is 0.0675. The van der Waals surface area contributed by atoms with E-state index in [1.807, 2.05) is 19.9 Å². The monoisotopic (exact) mass is 194 g/mol.